The minimum Gasteiger partial charge on any atom is -0.300 e. The number of amides is 1. The molecule has 1 aromatic heterocycles. The van der Waals surface area contributed by atoms with E-state index in [1.165, 1.54) is 11.1 Å². The Labute approximate surface area is 128 Å². The molecular formula is C14H8BrClN2O2. The van der Waals surface area contributed by atoms with Gasteiger partial charge in [-0.25, -0.2) is 0 Å². The van der Waals surface area contributed by atoms with Gasteiger partial charge in [0.15, 0.2) is 0 Å². The van der Waals surface area contributed by atoms with E-state index in [-0.39, 0.29) is 6.54 Å². The maximum absolute atomic E-state index is 12.1. The number of halogens is 2. The second-order valence-corrected chi connectivity index (χ2v) is 5.67. The number of nitrogens with zero attached hydrogens (tertiary/aromatic N) is 2. The van der Waals surface area contributed by atoms with Crippen LogP contribution < -0.4 is 4.90 Å². The molecule has 100 valence electrons. The lowest BCUT2D eigenvalue weighted by Crippen LogP contribution is -2.29. The van der Waals surface area contributed by atoms with Gasteiger partial charge in [0.2, 0.25) is 0 Å². The van der Waals surface area contributed by atoms with Crippen molar-refractivity contribution in [2.45, 2.75) is 6.54 Å². The molecule has 0 aliphatic carbocycles. The van der Waals surface area contributed by atoms with Crippen molar-refractivity contribution in [1.82, 2.24) is 4.98 Å². The Morgan fingerprint density at radius 3 is 2.80 bits per heavy atom. The van der Waals surface area contributed by atoms with Crippen molar-refractivity contribution in [1.29, 1.82) is 0 Å². The van der Waals surface area contributed by atoms with Crippen LogP contribution in [-0.2, 0) is 11.3 Å². The van der Waals surface area contributed by atoms with Crippen molar-refractivity contribution in [3.8, 4) is 0 Å². The average Bonchev–Trinajstić information content (AvgIpc) is 2.66. The van der Waals surface area contributed by atoms with Gasteiger partial charge in [-0.2, -0.15) is 0 Å². The molecule has 0 atom stereocenters. The molecule has 0 saturated heterocycles. The topological polar surface area (TPSA) is 50.3 Å². The maximum Gasteiger partial charge on any atom is 0.299 e. The lowest BCUT2D eigenvalue weighted by Gasteiger charge is -2.17. The SMILES string of the molecule is O=C1C(=O)N(Cc2ccncc2Cl)c2ccc(Br)cc21. The molecule has 1 amide bonds. The molecule has 1 aliphatic heterocycles. The van der Waals surface area contributed by atoms with Gasteiger partial charge >= 0.3 is 0 Å². The molecule has 1 aliphatic rings. The Kier molecular flexibility index (Phi) is 3.31. The highest BCUT2D eigenvalue weighted by molar-refractivity contribution is 9.10. The summed E-state index contributed by atoms with van der Waals surface area (Å²) in [7, 11) is 0. The fourth-order valence-electron chi connectivity index (χ4n) is 2.13. The van der Waals surface area contributed by atoms with Crippen LogP contribution in [0.2, 0.25) is 5.02 Å². The number of anilines is 1. The largest absolute Gasteiger partial charge is 0.300 e. The number of carbonyl (C=O) groups is 2. The van der Waals surface area contributed by atoms with Crippen LogP contribution in [0.3, 0.4) is 0 Å². The quantitative estimate of drug-likeness (QED) is 0.781. The molecule has 0 unspecified atom stereocenters. The van der Waals surface area contributed by atoms with E-state index in [9.17, 15) is 9.59 Å². The summed E-state index contributed by atoms with van der Waals surface area (Å²) in [4.78, 5) is 29.4. The second kappa shape index (κ2) is 5.00. The predicted molar refractivity (Wildman–Crippen MR) is 78.9 cm³/mol. The molecule has 20 heavy (non-hydrogen) atoms. The van der Waals surface area contributed by atoms with Crippen LogP contribution >= 0.6 is 27.5 Å². The molecule has 3 rings (SSSR count). The maximum atomic E-state index is 12.1. The highest BCUT2D eigenvalue weighted by atomic mass is 79.9. The smallest absolute Gasteiger partial charge is 0.299 e. The minimum absolute atomic E-state index is 0.251. The monoisotopic (exact) mass is 350 g/mol. The lowest BCUT2D eigenvalue weighted by atomic mass is 10.1. The van der Waals surface area contributed by atoms with E-state index in [1.54, 1.807) is 30.5 Å². The third-order valence-electron chi connectivity index (χ3n) is 3.12. The van der Waals surface area contributed by atoms with E-state index in [2.05, 4.69) is 20.9 Å². The molecule has 2 heterocycles. The summed E-state index contributed by atoms with van der Waals surface area (Å²) in [5, 5.41) is 0.471. The number of aromatic nitrogens is 1. The summed E-state index contributed by atoms with van der Waals surface area (Å²) >= 11 is 9.35. The number of benzene rings is 1. The molecule has 0 N–H and O–H groups in total. The van der Waals surface area contributed by atoms with Gasteiger partial charge < -0.3 is 4.90 Å². The third-order valence-corrected chi connectivity index (χ3v) is 3.95. The van der Waals surface area contributed by atoms with Crippen molar-refractivity contribution in [3.63, 3.8) is 0 Å². The van der Waals surface area contributed by atoms with E-state index < -0.39 is 11.7 Å². The molecule has 0 bridgehead atoms. The standard InChI is InChI=1S/C14H8BrClN2O2/c15-9-1-2-12-10(5-9)13(19)14(20)18(12)7-8-3-4-17-6-11(8)16/h1-6H,7H2. The van der Waals surface area contributed by atoms with E-state index in [1.807, 2.05) is 0 Å². The summed E-state index contributed by atoms with van der Waals surface area (Å²) in [5.74, 6) is -1.03. The summed E-state index contributed by atoms with van der Waals surface area (Å²) in [6.45, 7) is 0.251. The Bertz CT molecular complexity index is 733. The van der Waals surface area contributed by atoms with Gasteiger partial charge in [0.1, 0.15) is 0 Å². The Balaban J connectivity index is 2.02. The first-order valence-corrected chi connectivity index (χ1v) is 6.99. The highest BCUT2D eigenvalue weighted by Gasteiger charge is 2.35. The summed E-state index contributed by atoms with van der Waals surface area (Å²) in [5.41, 5.74) is 1.77. The summed E-state index contributed by atoms with van der Waals surface area (Å²) in [6.07, 6.45) is 3.12. The predicted octanol–water partition coefficient (Wildman–Crippen LogP) is 3.23. The van der Waals surface area contributed by atoms with Crippen molar-refractivity contribution in [2.75, 3.05) is 4.90 Å². The number of hydrogen-bond donors (Lipinski definition) is 0. The zero-order valence-corrected chi connectivity index (χ0v) is 12.5. The van der Waals surface area contributed by atoms with E-state index in [0.29, 0.717) is 16.3 Å². The van der Waals surface area contributed by atoms with Crippen LogP contribution in [0.4, 0.5) is 5.69 Å². The van der Waals surface area contributed by atoms with E-state index >= 15 is 0 Å². The molecular weight excluding hydrogens is 344 g/mol. The van der Waals surface area contributed by atoms with E-state index in [0.717, 1.165) is 10.0 Å². The Morgan fingerprint density at radius 2 is 2.05 bits per heavy atom. The first-order valence-electron chi connectivity index (χ1n) is 5.82. The van der Waals surface area contributed by atoms with Crippen LogP contribution in [0, 0.1) is 0 Å². The molecule has 0 radical (unpaired) electrons. The Morgan fingerprint density at radius 1 is 1.25 bits per heavy atom. The molecule has 2 aromatic rings. The second-order valence-electron chi connectivity index (χ2n) is 4.35. The van der Waals surface area contributed by atoms with Crippen LogP contribution in [0.1, 0.15) is 15.9 Å². The van der Waals surface area contributed by atoms with Crippen LogP contribution in [-0.4, -0.2) is 16.7 Å². The van der Waals surface area contributed by atoms with Gasteiger partial charge in [0.05, 0.1) is 22.8 Å². The van der Waals surface area contributed by atoms with Gasteiger partial charge in [-0.1, -0.05) is 27.5 Å². The van der Waals surface area contributed by atoms with Gasteiger partial charge in [-0.05, 0) is 29.8 Å². The number of rotatable bonds is 2. The fourth-order valence-corrected chi connectivity index (χ4v) is 2.67. The molecule has 0 spiro atoms. The van der Waals surface area contributed by atoms with Crippen molar-refractivity contribution in [3.05, 3.63) is 57.3 Å². The van der Waals surface area contributed by atoms with E-state index in [4.69, 9.17) is 11.6 Å². The zero-order chi connectivity index (χ0) is 14.3. The number of ketones is 1. The lowest BCUT2D eigenvalue weighted by molar-refractivity contribution is -0.114. The number of carbonyl (C=O) groups excluding carboxylic acids is 2. The third kappa shape index (κ3) is 2.13. The minimum atomic E-state index is -0.536. The number of hydrogen-bond acceptors (Lipinski definition) is 3. The number of pyridine rings is 1. The number of Topliss-reactive ketones (excluding diaryl/α,β-unsaturated/α-hetero) is 1. The van der Waals surface area contributed by atoms with Crippen LogP contribution in [0.25, 0.3) is 0 Å². The first-order chi connectivity index (χ1) is 9.58. The molecule has 4 nitrogen and oxygen atoms in total. The zero-order valence-electron chi connectivity index (χ0n) is 10.1. The molecule has 6 heteroatoms. The van der Waals surface area contributed by atoms with Gasteiger partial charge in [0, 0.05) is 16.9 Å². The van der Waals surface area contributed by atoms with Gasteiger partial charge in [-0.3, -0.25) is 14.6 Å². The van der Waals surface area contributed by atoms with Crippen LogP contribution in [0.5, 0.6) is 0 Å². The first kappa shape index (κ1) is 13.3. The Hall–Kier alpha value is -1.72. The van der Waals surface area contributed by atoms with Crippen molar-refractivity contribution < 1.29 is 9.59 Å². The van der Waals surface area contributed by atoms with Crippen molar-refractivity contribution >= 4 is 44.9 Å². The molecule has 0 saturated carbocycles. The fraction of sp³-hybridized carbons (Fsp3) is 0.0714. The average molecular weight is 352 g/mol. The molecule has 0 fully saturated rings. The normalized spacial score (nSPS) is 13.8. The van der Waals surface area contributed by atoms with Gasteiger partial charge in [-0.15, -0.1) is 0 Å². The van der Waals surface area contributed by atoms with Crippen LogP contribution in [0.15, 0.2) is 41.1 Å². The number of fused-ring (bicyclic) bond motifs is 1. The van der Waals surface area contributed by atoms with Gasteiger partial charge in [0.25, 0.3) is 11.7 Å². The summed E-state index contributed by atoms with van der Waals surface area (Å²) in [6, 6.07) is 6.93. The van der Waals surface area contributed by atoms with Crippen molar-refractivity contribution in [2.24, 2.45) is 0 Å². The summed E-state index contributed by atoms with van der Waals surface area (Å²) < 4.78 is 0.765. The molecule has 1 aromatic carbocycles. The highest BCUT2D eigenvalue weighted by Crippen LogP contribution is 2.33.